The molecule has 0 aliphatic carbocycles. The van der Waals surface area contributed by atoms with E-state index >= 15 is 0 Å². The van der Waals surface area contributed by atoms with Crippen LogP contribution in [0.4, 0.5) is 0 Å². The Morgan fingerprint density at radius 1 is 1.07 bits per heavy atom. The molecule has 0 unspecified atom stereocenters. The van der Waals surface area contributed by atoms with E-state index in [1.54, 1.807) is 6.92 Å². The molecule has 0 saturated carbocycles. The summed E-state index contributed by atoms with van der Waals surface area (Å²) in [7, 11) is 0. The van der Waals surface area contributed by atoms with E-state index in [9.17, 15) is 0 Å². The second kappa shape index (κ2) is 8.58. The summed E-state index contributed by atoms with van der Waals surface area (Å²) in [5.74, 6) is -1.08. The molecule has 0 fully saturated rings. The van der Waals surface area contributed by atoms with Gasteiger partial charge in [-0.15, -0.1) is 0 Å². The van der Waals surface area contributed by atoms with Gasteiger partial charge in [0.2, 0.25) is 0 Å². The molecule has 0 aliphatic heterocycles. The molecule has 3 nitrogen and oxygen atoms in total. The lowest BCUT2D eigenvalue weighted by Gasteiger charge is -2.26. The van der Waals surface area contributed by atoms with E-state index in [2.05, 4.69) is 20.0 Å². The molecule has 0 aromatic heterocycles. The lowest BCUT2D eigenvalue weighted by atomic mass is 10.3. The Hall–Kier alpha value is -0.720. The van der Waals surface area contributed by atoms with E-state index < -0.39 is 5.97 Å². The second-order valence-electron chi connectivity index (χ2n) is 3.49. The third-order valence-corrected chi connectivity index (χ3v) is 1.97. The van der Waals surface area contributed by atoms with Crippen molar-refractivity contribution in [1.29, 1.82) is 0 Å². The van der Waals surface area contributed by atoms with Crippen molar-refractivity contribution >= 4 is 0 Å². The first-order valence-electron chi connectivity index (χ1n) is 5.60. The Labute approximate surface area is 93.1 Å². The summed E-state index contributed by atoms with van der Waals surface area (Å²) >= 11 is 0. The van der Waals surface area contributed by atoms with Crippen LogP contribution in [-0.4, -0.2) is 19.2 Å². The molecule has 15 heavy (non-hydrogen) atoms. The highest BCUT2D eigenvalue weighted by atomic mass is 16.9. The zero-order valence-electron chi connectivity index (χ0n) is 10.0. The molecule has 0 bridgehead atoms. The minimum absolute atomic E-state index is 0.598. The van der Waals surface area contributed by atoms with Gasteiger partial charge in [0.15, 0.2) is 0 Å². The highest BCUT2D eigenvalue weighted by Crippen LogP contribution is 2.15. The van der Waals surface area contributed by atoms with Crippen LogP contribution < -0.4 is 0 Å². The van der Waals surface area contributed by atoms with E-state index in [1.807, 2.05) is 0 Å². The average Bonchev–Trinajstić information content (AvgIpc) is 2.19. The molecule has 0 N–H and O–H groups in total. The SMILES string of the molecule is C#COC(C)(OCCCC)OCCCC. The monoisotopic (exact) mass is 214 g/mol. The van der Waals surface area contributed by atoms with Crippen molar-refractivity contribution in [1.82, 2.24) is 0 Å². The number of hydrogen-bond acceptors (Lipinski definition) is 3. The van der Waals surface area contributed by atoms with Gasteiger partial charge in [-0.25, -0.2) is 0 Å². The smallest absolute Gasteiger partial charge is 0.332 e. The molecular weight excluding hydrogens is 192 g/mol. The Bertz CT molecular complexity index is 174. The maximum atomic E-state index is 5.47. The third kappa shape index (κ3) is 7.24. The van der Waals surface area contributed by atoms with Gasteiger partial charge in [-0.3, -0.25) is 0 Å². The Morgan fingerprint density at radius 2 is 1.53 bits per heavy atom. The predicted molar refractivity (Wildman–Crippen MR) is 60.0 cm³/mol. The third-order valence-electron chi connectivity index (χ3n) is 1.97. The summed E-state index contributed by atoms with van der Waals surface area (Å²) < 4.78 is 15.9. The molecule has 0 amide bonds. The normalized spacial score (nSPS) is 11.1. The van der Waals surface area contributed by atoms with Gasteiger partial charge in [0.25, 0.3) is 0 Å². The molecule has 0 atom stereocenters. The molecular formula is C12H22O3. The van der Waals surface area contributed by atoms with Gasteiger partial charge >= 0.3 is 5.97 Å². The topological polar surface area (TPSA) is 27.7 Å². The molecule has 0 heterocycles. The lowest BCUT2D eigenvalue weighted by Crippen LogP contribution is -2.35. The molecule has 88 valence electrons. The van der Waals surface area contributed by atoms with Crippen LogP contribution in [0.1, 0.15) is 46.5 Å². The van der Waals surface area contributed by atoms with Crippen LogP contribution in [0.2, 0.25) is 0 Å². The van der Waals surface area contributed by atoms with Gasteiger partial charge in [0, 0.05) is 6.92 Å². The highest BCUT2D eigenvalue weighted by molar-refractivity contribution is 4.71. The van der Waals surface area contributed by atoms with Crippen molar-refractivity contribution < 1.29 is 14.2 Å². The lowest BCUT2D eigenvalue weighted by molar-refractivity contribution is -0.345. The van der Waals surface area contributed by atoms with E-state index in [-0.39, 0.29) is 0 Å². The Morgan fingerprint density at radius 3 is 1.87 bits per heavy atom. The van der Waals surface area contributed by atoms with Crippen LogP contribution in [-0.2, 0) is 14.2 Å². The minimum Gasteiger partial charge on any atom is -0.387 e. The number of hydrogen-bond donors (Lipinski definition) is 0. The number of unbranched alkanes of at least 4 members (excludes halogenated alkanes) is 2. The maximum absolute atomic E-state index is 5.47. The molecule has 0 aromatic rings. The fraction of sp³-hybridized carbons (Fsp3) is 0.833. The van der Waals surface area contributed by atoms with Crippen LogP contribution in [0.5, 0.6) is 0 Å². The quantitative estimate of drug-likeness (QED) is 0.335. The molecule has 3 heteroatoms. The summed E-state index contributed by atoms with van der Waals surface area (Å²) in [5.41, 5.74) is 0. The first-order chi connectivity index (χ1) is 7.18. The van der Waals surface area contributed by atoms with Crippen LogP contribution in [0.3, 0.4) is 0 Å². The zero-order chi connectivity index (χ0) is 11.6. The van der Waals surface area contributed by atoms with Gasteiger partial charge in [-0.2, -0.15) is 0 Å². The van der Waals surface area contributed by atoms with Gasteiger partial charge in [0.1, 0.15) is 6.11 Å². The average molecular weight is 214 g/mol. The Kier molecular flexibility index (Phi) is 8.17. The summed E-state index contributed by atoms with van der Waals surface area (Å²) in [4.78, 5) is 0. The van der Waals surface area contributed by atoms with Crippen molar-refractivity contribution in [3.8, 4) is 12.5 Å². The van der Waals surface area contributed by atoms with Gasteiger partial charge < -0.3 is 14.2 Å². The van der Waals surface area contributed by atoms with Crippen LogP contribution in [0.15, 0.2) is 0 Å². The van der Waals surface area contributed by atoms with E-state index in [1.165, 1.54) is 0 Å². The first kappa shape index (κ1) is 14.3. The highest BCUT2D eigenvalue weighted by Gasteiger charge is 2.27. The molecule has 0 saturated heterocycles. The molecule has 0 aliphatic rings. The molecule has 0 aromatic carbocycles. The molecule has 0 spiro atoms. The van der Waals surface area contributed by atoms with E-state index in [0.29, 0.717) is 13.2 Å². The van der Waals surface area contributed by atoms with Gasteiger partial charge in [-0.1, -0.05) is 33.1 Å². The molecule has 0 rings (SSSR count). The van der Waals surface area contributed by atoms with Gasteiger partial charge in [-0.05, 0) is 12.8 Å². The summed E-state index contributed by atoms with van der Waals surface area (Å²) in [5, 5.41) is 0. The van der Waals surface area contributed by atoms with Crippen molar-refractivity contribution in [3.63, 3.8) is 0 Å². The summed E-state index contributed by atoms with van der Waals surface area (Å²) in [6.45, 7) is 7.10. The van der Waals surface area contributed by atoms with Gasteiger partial charge in [0.05, 0.1) is 13.2 Å². The summed E-state index contributed by atoms with van der Waals surface area (Å²) in [6, 6.07) is 0. The standard InChI is InChI=1S/C12H22O3/c1-5-8-10-14-12(4,13-7-3)15-11-9-6-2/h3H,5-6,8-11H2,1-2,4H3. The maximum Gasteiger partial charge on any atom is 0.332 e. The zero-order valence-corrected chi connectivity index (χ0v) is 10.0. The van der Waals surface area contributed by atoms with E-state index in [4.69, 9.17) is 20.6 Å². The van der Waals surface area contributed by atoms with Crippen molar-refractivity contribution in [2.45, 2.75) is 52.4 Å². The van der Waals surface area contributed by atoms with Crippen LogP contribution >= 0.6 is 0 Å². The fourth-order valence-electron chi connectivity index (χ4n) is 1.01. The van der Waals surface area contributed by atoms with Crippen molar-refractivity contribution in [2.75, 3.05) is 13.2 Å². The van der Waals surface area contributed by atoms with Crippen LogP contribution in [0.25, 0.3) is 0 Å². The van der Waals surface area contributed by atoms with E-state index in [0.717, 1.165) is 25.7 Å². The largest absolute Gasteiger partial charge is 0.387 e. The first-order valence-corrected chi connectivity index (χ1v) is 5.60. The Balaban J connectivity index is 3.90. The van der Waals surface area contributed by atoms with Crippen molar-refractivity contribution in [2.24, 2.45) is 0 Å². The fourth-order valence-corrected chi connectivity index (χ4v) is 1.01. The minimum atomic E-state index is -1.08. The van der Waals surface area contributed by atoms with Crippen molar-refractivity contribution in [3.05, 3.63) is 0 Å². The number of ether oxygens (including phenoxy) is 3. The predicted octanol–water partition coefficient (Wildman–Crippen LogP) is 2.90. The summed E-state index contributed by atoms with van der Waals surface area (Å²) in [6.07, 6.45) is 11.3. The van der Waals surface area contributed by atoms with Crippen LogP contribution in [0, 0.1) is 12.5 Å². The number of terminal acetylenes is 1. The molecule has 0 radical (unpaired) electrons. The number of rotatable bonds is 9. The second-order valence-corrected chi connectivity index (χ2v) is 3.49.